The van der Waals surface area contributed by atoms with Gasteiger partial charge in [0.1, 0.15) is 6.10 Å². The Labute approximate surface area is 112 Å². The fraction of sp³-hybridized carbons (Fsp3) is 0.200. The molecule has 0 fully saturated rings. The first-order chi connectivity index (χ1) is 9.15. The van der Waals surface area contributed by atoms with Crippen molar-refractivity contribution in [1.82, 2.24) is 0 Å². The molecule has 1 unspecified atom stereocenters. The van der Waals surface area contributed by atoms with Gasteiger partial charge in [-0.15, -0.1) is 0 Å². The predicted octanol–water partition coefficient (Wildman–Crippen LogP) is 2.37. The largest absolute Gasteiger partial charge is 0.493 e. The lowest BCUT2D eigenvalue weighted by molar-refractivity contribution is 0.219. The van der Waals surface area contributed by atoms with Crippen molar-refractivity contribution in [3.05, 3.63) is 53.6 Å². The number of hydrogen-bond acceptors (Lipinski definition) is 4. The summed E-state index contributed by atoms with van der Waals surface area (Å²) in [4.78, 5) is 0. The minimum Gasteiger partial charge on any atom is -0.493 e. The van der Waals surface area contributed by atoms with Crippen molar-refractivity contribution in [1.29, 1.82) is 0 Å². The third kappa shape index (κ3) is 2.80. The van der Waals surface area contributed by atoms with Gasteiger partial charge in [0.2, 0.25) is 0 Å². The van der Waals surface area contributed by atoms with Crippen LogP contribution in [0.3, 0.4) is 0 Å². The Balaban J connectivity index is 2.36. The van der Waals surface area contributed by atoms with Gasteiger partial charge in [0.15, 0.2) is 11.5 Å². The molecular formula is C15H17NO3. The van der Waals surface area contributed by atoms with Gasteiger partial charge in [-0.2, -0.15) is 0 Å². The first kappa shape index (κ1) is 13.2. The molecule has 100 valence electrons. The van der Waals surface area contributed by atoms with Crippen molar-refractivity contribution in [3.8, 4) is 11.5 Å². The van der Waals surface area contributed by atoms with Crippen LogP contribution in [0.2, 0.25) is 0 Å². The van der Waals surface area contributed by atoms with Crippen molar-refractivity contribution in [2.45, 2.75) is 6.10 Å². The summed E-state index contributed by atoms with van der Waals surface area (Å²) in [5.41, 5.74) is 7.81. The average Bonchev–Trinajstić information content (AvgIpc) is 2.45. The summed E-state index contributed by atoms with van der Waals surface area (Å²) in [6, 6.07) is 12.5. The Kier molecular flexibility index (Phi) is 3.92. The number of rotatable bonds is 4. The number of anilines is 1. The summed E-state index contributed by atoms with van der Waals surface area (Å²) in [5.74, 6) is 1.22. The molecule has 0 heterocycles. The zero-order chi connectivity index (χ0) is 13.8. The Bertz CT molecular complexity index is 569. The van der Waals surface area contributed by atoms with E-state index in [4.69, 9.17) is 15.2 Å². The highest BCUT2D eigenvalue weighted by Gasteiger charge is 2.13. The monoisotopic (exact) mass is 259 g/mol. The minimum atomic E-state index is -0.747. The van der Waals surface area contributed by atoms with Crippen molar-refractivity contribution in [2.75, 3.05) is 20.0 Å². The molecule has 0 saturated heterocycles. The van der Waals surface area contributed by atoms with Gasteiger partial charge in [0, 0.05) is 5.69 Å². The van der Waals surface area contributed by atoms with Crippen LogP contribution in [-0.2, 0) is 0 Å². The maximum absolute atomic E-state index is 10.3. The van der Waals surface area contributed by atoms with Crippen molar-refractivity contribution >= 4 is 5.69 Å². The van der Waals surface area contributed by atoms with Gasteiger partial charge >= 0.3 is 0 Å². The summed E-state index contributed by atoms with van der Waals surface area (Å²) >= 11 is 0. The van der Waals surface area contributed by atoms with Gasteiger partial charge in [-0.1, -0.05) is 18.2 Å². The van der Waals surface area contributed by atoms with Crippen LogP contribution >= 0.6 is 0 Å². The molecule has 3 N–H and O–H groups in total. The van der Waals surface area contributed by atoms with Gasteiger partial charge in [0.25, 0.3) is 0 Å². The molecule has 0 spiro atoms. The highest BCUT2D eigenvalue weighted by atomic mass is 16.5. The molecule has 0 aliphatic heterocycles. The molecule has 4 heteroatoms. The van der Waals surface area contributed by atoms with E-state index >= 15 is 0 Å². The van der Waals surface area contributed by atoms with Gasteiger partial charge in [-0.25, -0.2) is 0 Å². The number of nitrogen functional groups attached to an aromatic ring is 1. The van der Waals surface area contributed by atoms with Crippen LogP contribution < -0.4 is 15.2 Å². The molecule has 19 heavy (non-hydrogen) atoms. The fourth-order valence-electron chi connectivity index (χ4n) is 1.94. The van der Waals surface area contributed by atoms with E-state index in [1.165, 1.54) is 0 Å². The first-order valence-corrected chi connectivity index (χ1v) is 5.91. The van der Waals surface area contributed by atoms with Gasteiger partial charge < -0.3 is 20.3 Å². The summed E-state index contributed by atoms with van der Waals surface area (Å²) in [5, 5.41) is 10.3. The third-order valence-corrected chi connectivity index (χ3v) is 2.95. The van der Waals surface area contributed by atoms with E-state index in [0.717, 1.165) is 11.1 Å². The van der Waals surface area contributed by atoms with Crippen LogP contribution in [0.5, 0.6) is 11.5 Å². The number of ether oxygens (including phenoxy) is 2. The zero-order valence-corrected chi connectivity index (χ0v) is 11.0. The molecule has 2 rings (SSSR count). The van der Waals surface area contributed by atoms with E-state index in [1.807, 2.05) is 12.1 Å². The second-order valence-corrected chi connectivity index (χ2v) is 4.19. The lowest BCUT2D eigenvalue weighted by Crippen LogP contribution is -2.01. The second kappa shape index (κ2) is 5.63. The summed E-state index contributed by atoms with van der Waals surface area (Å²) in [6.45, 7) is 0. The molecule has 0 aromatic heterocycles. The van der Waals surface area contributed by atoms with Crippen molar-refractivity contribution in [3.63, 3.8) is 0 Å². The number of nitrogens with two attached hydrogens (primary N) is 1. The van der Waals surface area contributed by atoms with E-state index in [-0.39, 0.29) is 0 Å². The molecule has 4 nitrogen and oxygen atoms in total. The van der Waals surface area contributed by atoms with Crippen LogP contribution in [0.25, 0.3) is 0 Å². The maximum atomic E-state index is 10.3. The predicted molar refractivity (Wildman–Crippen MR) is 74.5 cm³/mol. The standard InChI is InChI=1S/C15H17NO3/c1-18-13-7-6-11(9-14(13)19-2)15(17)10-4-3-5-12(16)8-10/h3-9,15,17H,16H2,1-2H3. The maximum Gasteiger partial charge on any atom is 0.161 e. The Morgan fingerprint density at radius 1 is 0.947 bits per heavy atom. The van der Waals surface area contributed by atoms with Crippen LogP contribution in [0.1, 0.15) is 17.2 Å². The molecule has 0 amide bonds. The number of aliphatic hydroxyl groups is 1. The number of benzene rings is 2. The van der Waals surface area contributed by atoms with Crippen LogP contribution in [-0.4, -0.2) is 19.3 Å². The van der Waals surface area contributed by atoms with E-state index < -0.39 is 6.10 Å². The number of methoxy groups -OCH3 is 2. The lowest BCUT2D eigenvalue weighted by Gasteiger charge is -2.15. The molecule has 0 saturated carbocycles. The zero-order valence-electron chi connectivity index (χ0n) is 11.0. The van der Waals surface area contributed by atoms with Crippen LogP contribution in [0.15, 0.2) is 42.5 Å². The molecule has 0 aliphatic carbocycles. The second-order valence-electron chi connectivity index (χ2n) is 4.19. The van der Waals surface area contributed by atoms with Crippen LogP contribution in [0, 0.1) is 0 Å². The Morgan fingerprint density at radius 2 is 1.63 bits per heavy atom. The van der Waals surface area contributed by atoms with Gasteiger partial charge in [-0.05, 0) is 35.4 Å². The normalized spacial score (nSPS) is 11.9. The molecular weight excluding hydrogens is 242 g/mol. The van der Waals surface area contributed by atoms with E-state index in [2.05, 4.69) is 0 Å². The van der Waals surface area contributed by atoms with Crippen molar-refractivity contribution in [2.24, 2.45) is 0 Å². The Hall–Kier alpha value is -2.20. The van der Waals surface area contributed by atoms with Crippen LogP contribution in [0.4, 0.5) is 5.69 Å². The van der Waals surface area contributed by atoms with Gasteiger partial charge in [-0.3, -0.25) is 0 Å². The van der Waals surface area contributed by atoms with E-state index in [0.29, 0.717) is 17.2 Å². The molecule has 0 radical (unpaired) electrons. The Morgan fingerprint density at radius 3 is 2.26 bits per heavy atom. The smallest absolute Gasteiger partial charge is 0.161 e. The van der Waals surface area contributed by atoms with Crippen molar-refractivity contribution < 1.29 is 14.6 Å². The first-order valence-electron chi connectivity index (χ1n) is 5.91. The highest BCUT2D eigenvalue weighted by molar-refractivity contribution is 5.47. The molecule has 2 aromatic rings. The number of aliphatic hydroxyl groups excluding tert-OH is 1. The number of hydrogen-bond donors (Lipinski definition) is 2. The van der Waals surface area contributed by atoms with E-state index in [1.54, 1.807) is 44.6 Å². The summed E-state index contributed by atoms with van der Waals surface area (Å²) in [7, 11) is 3.14. The molecule has 1 atom stereocenters. The minimum absolute atomic E-state index is 0.586. The molecule has 0 bridgehead atoms. The van der Waals surface area contributed by atoms with Gasteiger partial charge in [0.05, 0.1) is 14.2 Å². The summed E-state index contributed by atoms with van der Waals surface area (Å²) in [6.07, 6.45) is -0.747. The fourth-order valence-corrected chi connectivity index (χ4v) is 1.94. The average molecular weight is 259 g/mol. The SMILES string of the molecule is COc1ccc(C(O)c2cccc(N)c2)cc1OC. The molecule has 2 aromatic carbocycles. The molecule has 0 aliphatic rings. The lowest BCUT2D eigenvalue weighted by atomic mass is 10.0. The topological polar surface area (TPSA) is 64.7 Å². The highest BCUT2D eigenvalue weighted by Crippen LogP contribution is 2.32. The summed E-state index contributed by atoms with van der Waals surface area (Å²) < 4.78 is 10.4. The quantitative estimate of drug-likeness (QED) is 0.827. The van der Waals surface area contributed by atoms with E-state index in [9.17, 15) is 5.11 Å². The third-order valence-electron chi connectivity index (χ3n) is 2.95.